The van der Waals surface area contributed by atoms with Gasteiger partial charge < -0.3 is 14.0 Å². The van der Waals surface area contributed by atoms with Gasteiger partial charge in [-0.2, -0.15) is 4.99 Å². The topological polar surface area (TPSA) is 130 Å². The molecule has 34 heavy (non-hydrogen) atoms. The maximum Gasteiger partial charge on any atom is 0.338 e. The van der Waals surface area contributed by atoms with Crippen LogP contribution in [0, 0.1) is 10.1 Å². The molecular weight excluding hydrogens is 462 g/mol. The lowest BCUT2D eigenvalue weighted by molar-refractivity contribution is -0.384. The average Bonchev–Trinajstić information content (AvgIpc) is 3.14. The average molecular weight is 484 g/mol. The maximum absolute atomic E-state index is 12.5. The molecule has 3 aromatic rings. The number of carbonyl (C=O) groups excluding carboxylic acids is 3. The van der Waals surface area contributed by atoms with Crippen LogP contribution in [0.2, 0.25) is 0 Å². The zero-order valence-corrected chi connectivity index (χ0v) is 19.2. The Balaban J connectivity index is 1.99. The minimum Gasteiger partial charge on any atom is -0.465 e. The molecule has 0 saturated carbocycles. The summed E-state index contributed by atoms with van der Waals surface area (Å²) in [4.78, 5) is 51.5. The molecule has 176 valence electrons. The molecule has 0 bridgehead atoms. The highest BCUT2D eigenvalue weighted by atomic mass is 32.1. The van der Waals surface area contributed by atoms with Gasteiger partial charge >= 0.3 is 11.9 Å². The molecule has 1 heterocycles. The van der Waals surface area contributed by atoms with Crippen LogP contribution in [0.15, 0.2) is 53.5 Å². The number of aromatic nitrogens is 1. The number of hydrogen-bond acceptors (Lipinski definition) is 8. The van der Waals surface area contributed by atoms with Crippen LogP contribution in [-0.2, 0) is 25.6 Å². The summed E-state index contributed by atoms with van der Waals surface area (Å²) in [6, 6.07) is 10.7. The van der Waals surface area contributed by atoms with Crippen LogP contribution in [0.4, 0.5) is 5.69 Å². The molecule has 2 aromatic carbocycles. The number of non-ortho nitro benzene ring substituents is 1. The summed E-state index contributed by atoms with van der Waals surface area (Å²) >= 11 is 1.13. The molecule has 0 unspecified atom stereocenters. The number of benzene rings is 2. The molecule has 0 radical (unpaired) electrons. The molecule has 0 saturated heterocycles. The fraction of sp³-hybridized carbons (Fsp3) is 0.217. The van der Waals surface area contributed by atoms with Gasteiger partial charge in [0.2, 0.25) is 0 Å². The first-order valence-corrected chi connectivity index (χ1v) is 11.1. The van der Waals surface area contributed by atoms with E-state index in [4.69, 9.17) is 9.47 Å². The quantitative estimate of drug-likeness (QED) is 0.207. The van der Waals surface area contributed by atoms with E-state index in [1.165, 1.54) is 34.9 Å². The summed E-state index contributed by atoms with van der Waals surface area (Å²) in [5.74, 6) is -1.61. The van der Waals surface area contributed by atoms with E-state index in [2.05, 4.69) is 4.99 Å². The zero-order valence-electron chi connectivity index (χ0n) is 18.4. The minimum atomic E-state index is -0.624. The minimum absolute atomic E-state index is 0.0965. The summed E-state index contributed by atoms with van der Waals surface area (Å²) in [7, 11) is 0. The number of ether oxygens (including phenoxy) is 2. The van der Waals surface area contributed by atoms with Crippen molar-refractivity contribution in [3.63, 3.8) is 0 Å². The second-order valence-electron chi connectivity index (χ2n) is 6.81. The van der Waals surface area contributed by atoms with Crippen molar-refractivity contribution in [1.82, 2.24) is 4.57 Å². The van der Waals surface area contributed by atoms with Crippen molar-refractivity contribution in [1.29, 1.82) is 0 Å². The van der Waals surface area contributed by atoms with Gasteiger partial charge in [0, 0.05) is 18.2 Å². The first kappa shape index (κ1) is 24.5. The Morgan fingerprint density at radius 3 is 2.59 bits per heavy atom. The van der Waals surface area contributed by atoms with Crippen molar-refractivity contribution in [2.24, 2.45) is 4.99 Å². The number of hydrogen-bond donors (Lipinski definition) is 0. The van der Waals surface area contributed by atoms with Gasteiger partial charge in [-0.3, -0.25) is 19.7 Å². The van der Waals surface area contributed by atoms with Gasteiger partial charge in [-0.1, -0.05) is 23.5 Å². The molecule has 1 aromatic heterocycles. The van der Waals surface area contributed by atoms with Crippen LogP contribution in [0.5, 0.6) is 0 Å². The SMILES string of the molecule is CCOC(=O)Cn1c(=NC(=O)/C=C/c2cccc([N+](=O)[O-])c2)sc2cc(C(=O)OCC)ccc21. The molecule has 0 N–H and O–H groups in total. The Labute approximate surface area is 197 Å². The van der Waals surface area contributed by atoms with Crippen LogP contribution in [0.25, 0.3) is 16.3 Å². The Morgan fingerprint density at radius 2 is 1.88 bits per heavy atom. The zero-order chi connectivity index (χ0) is 24.7. The molecule has 0 aliphatic heterocycles. The lowest BCUT2D eigenvalue weighted by Crippen LogP contribution is -2.22. The molecule has 0 aliphatic rings. The summed E-state index contributed by atoms with van der Waals surface area (Å²) in [6.45, 7) is 3.65. The molecule has 0 fully saturated rings. The summed E-state index contributed by atoms with van der Waals surface area (Å²) in [6.07, 6.45) is 2.60. The lowest BCUT2D eigenvalue weighted by atomic mass is 10.2. The standard InChI is InChI=1S/C23H21N3O7S/c1-3-32-21(28)14-25-18-10-9-16(22(29)33-4-2)13-19(18)34-23(25)24-20(27)11-8-15-6-5-7-17(12-15)26(30)31/h5-13H,3-4,14H2,1-2H3/b11-8+,24-23?. The monoisotopic (exact) mass is 483 g/mol. The molecule has 10 nitrogen and oxygen atoms in total. The fourth-order valence-electron chi connectivity index (χ4n) is 3.03. The summed E-state index contributed by atoms with van der Waals surface area (Å²) < 4.78 is 12.2. The van der Waals surface area contributed by atoms with Gasteiger partial charge in [0.05, 0.1) is 33.9 Å². The van der Waals surface area contributed by atoms with Crippen molar-refractivity contribution in [3.8, 4) is 0 Å². The molecule has 0 aliphatic carbocycles. The van der Waals surface area contributed by atoms with Gasteiger partial charge in [0.25, 0.3) is 11.6 Å². The van der Waals surface area contributed by atoms with Gasteiger partial charge in [-0.15, -0.1) is 0 Å². The number of nitro benzene ring substituents is 1. The second kappa shape index (κ2) is 11.1. The maximum atomic E-state index is 12.5. The van der Waals surface area contributed by atoms with E-state index in [1.54, 1.807) is 38.1 Å². The smallest absolute Gasteiger partial charge is 0.338 e. The van der Waals surface area contributed by atoms with Gasteiger partial charge in [-0.05, 0) is 43.7 Å². The second-order valence-corrected chi connectivity index (χ2v) is 7.82. The molecular formula is C23H21N3O7S. The number of nitrogens with zero attached hydrogens (tertiary/aromatic N) is 3. The number of thiazole rings is 1. The number of rotatable bonds is 8. The molecule has 3 rings (SSSR count). The molecule has 0 spiro atoms. The Bertz CT molecular complexity index is 1350. The van der Waals surface area contributed by atoms with Crippen molar-refractivity contribution in [2.75, 3.05) is 13.2 Å². The predicted molar refractivity (Wildman–Crippen MR) is 125 cm³/mol. The number of nitro groups is 1. The highest BCUT2D eigenvalue weighted by Crippen LogP contribution is 2.20. The van der Waals surface area contributed by atoms with Crippen LogP contribution < -0.4 is 4.80 Å². The Morgan fingerprint density at radius 1 is 1.12 bits per heavy atom. The number of amides is 1. The molecule has 1 amide bonds. The number of carbonyl (C=O) groups is 3. The number of esters is 2. The third-order valence-corrected chi connectivity index (χ3v) is 5.53. The normalized spacial score (nSPS) is 11.6. The summed E-state index contributed by atoms with van der Waals surface area (Å²) in [5.41, 5.74) is 1.30. The predicted octanol–water partition coefficient (Wildman–Crippen LogP) is 3.49. The van der Waals surface area contributed by atoms with Crippen LogP contribution in [0.3, 0.4) is 0 Å². The van der Waals surface area contributed by atoms with E-state index in [1.807, 2.05) is 0 Å². The highest BCUT2D eigenvalue weighted by Gasteiger charge is 2.15. The molecule has 0 atom stereocenters. The third-order valence-electron chi connectivity index (χ3n) is 4.49. The Kier molecular flexibility index (Phi) is 8.04. The van der Waals surface area contributed by atoms with Crippen LogP contribution in [-0.4, -0.2) is 40.5 Å². The van der Waals surface area contributed by atoms with Gasteiger partial charge in [0.1, 0.15) is 6.54 Å². The summed E-state index contributed by atoms with van der Waals surface area (Å²) in [5, 5.41) is 10.9. The van der Waals surface area contributed by atoms with Crippen LogP contribution >= 0.6 is 11.3 Å². The number of fused-ring (bicyclic) bond motifs is 1. The van der Waals surface area contributed by atoms with E-state index >= 15 is 0 Å². The van der Waals surface area contributed by atoms with Crippen molar-refractivity contribution in [2.45, 2.75) is 20.4 Å². The van der Waals surface area contributed by atoms with Gasteiger partial charge in [0.15, 0.2) is 4.80 Å². The van der Waals surface area contributed by atoms with Crippen molar-refractivity contribution >= 4 is 51.2 Å². The van der Waals surface area contributed by atoms with E-state index in [0.29, 0.717) is 21.3 Å². The molecule has 11 heteroatoms. The van der Waals surface area contributed by atoms with E-state index in [-0.39, 0.29) is 30.2 Å². The fourth-order valence-corrected chi connectivity index (χ4v) is 4.10. The lowest BCUT2D eigenvalue weighted by Gasteiger charge is -2.06. The van der Waals surface area contributed by atoms with Crippen molar-refractivity contribution < 1.29 is 28.8 Å². The first-order valence-electron chi connectivity index (χ1n) is 10.3. The van der Waals surface area contributed by atoms with E-state index in [9.17, 15) is 24.5 Å². The largest absolute Gasteiger partial charge is 0.465 e. The Hall–Kier alpha value is -4.12. The van der Waals surface area contributed by atoms with E-state index < -0.39 is 22.8 Å². The van der Waals surface area contributed by atoms with Crippen LogP contribution in [0.1, 0.15) is 29.8 Å². The highest BCUT2D eigenvalue weighted by molar-refractivity contribution is 7.16. The first-order chi connectivity index (χ1) is 16.3. The third kappa shape index (κ3) is 6.01. The van der Waals surface area contributed by atoms with Crippen molar-refractivity contribution in [3.05, 3.63) is 74.6 Å². The van der Waals surface area contributed by atoms with Gasteiger partial charge in [-0.25, -0.2) is 4.79 Å². The van der Waals surface area contributed by atoms with E-state index in [0.717, 1.165) is 11.3 Å².